The van der Waals surface area contributed by atoms with Gasteiger partial charge in [0.1, 0.15) is 17.0 Å². The Morgan fingerprint density at radius 3 is 2.52 bits per heavy atom. The summed E-state index contributed by atoms with van der Waals surface area (Å²) in [5.41, 5.74) is -0.0208. The second-order valence-corrected chi connectivity index (χ2v) is 4.35. The van der Waals surface area contributed by atoms with E-state index < -0.39 is 23.5 Å². The highest BCUT2D eigenvalue weighted by molar-refractivity contribution is 6.33. The number of aromatic carboxylic acids is 1. The zero-order valence-corrected chi connectivity index (χ0v) is 10.5. The van der Waals surface area contributed by atoms with E-state index in [0.29, 0.717) is 0 Å². The molecule has 1 aromatic heterocycles. The van der Waals surface area contributed by atoms with E-state index in [4.69, 9.17) is 5.11 Å². The molecule has 0 fully saturated rings. The molecule has 1 aromatic carbocycles. The number of hydrogen-bond acceptors (Lipinski definition) is 5. The van der Waals surface area contributed by atoms with Crippen molar-refractivity contribution in [2.24, 2.45) is 0 Å². The molecule has 1 aliphatic rings. The summed E-state index contributed by atoms with van der Waals surface area (Å²) in [7, 11) is 0. The quantitative estimate of drug-likeness (QED) is 0.804. The number of carboxylic acids is 1. The van der Waals surface area contributed by atoms with Crippen LogP contribution >= 0.6 is 0 Å². The summed E-state index contributed by atoms with van der Waals surface area (Å²) in [5, 5.41) is 18.5. The third-order valence-corrected chi connectivity index (χ3v) is 3.12. The number of aromatic hydroxyl groups is 1. The zero-order valence-electron chi connectivity index (χ0n) is 10.5. The molecule has 0 radical (unpaired) electrons. The molecule has 7 heteroatoms. The highest BCUT2D eigenvalue weighted by atomic mass is 16.4. The van der Waals surface area contributed by atoms with E-state index in [0.717, 1.165) is 17.0 Å². The van der Waals surface area contributed by atoms with Crippen LogP contribution < -0.4 is 4.90 Å². The van der Waals surface area contributed by atoms with E-state index in [2.05, 4.69) is 4.98 Å². The normalized spacial score (nSPS) is 13.4. The maximum absolute atomic E-state index is 12.2. The van der Waals surface area contributed by atoms with Crippen LogP contribution in [0, 0.1) is 0 Å². The van der Waals surface area contributed by atoms with Crippen molar-refractivity contribution >= 4 is 23.5 Å². The molecule has 2 aromatic rings. The number of carboxylic acid groups (broad SMARTS) is 1. The van der Waals surface area contributed by atoms with Gasteiger partial charge in [-0.3, -0.25) is 14.6 Å². The Morgan fingerprint density at radius 1 is 1.14 bits per heavy atom. The monoisotopic (exact) mass is 284 g/mol. The average molecular weight is 284 g/mol. The van der Waals surface area contributed by atoms with Crippen molar-refractivity contribution in [3.63, 3.8) is 0 Å². The fourth-order valence-electron chi connectivity index (χ4n) is 2.14. The van der Waals surface area contributed by atoms with Crippen molar-refractivity contribution in [1.82, 2.24) is 4.98 Å². The lowest BCUT2D eigenvalue weighted by molar-refractivity contribution is 0.0693. The van der Waals surface area contributed by atoms with Crippen LogP contribution in [0.2, 0.25) is 0 Å². The first-order valence-corrected chi connectivity index (χ1v) is 5.91. The lowest BCUT2D eigenvalue weighted by Gasteiger charge is -2.14. The van der Waals surface area contributed by atoms with Gasteiger partial charge in [-0.2, -0.15) is 0 Å². The van der Waals surface area contributed by atoms with E-state index in [1.807, 2.05) is 0 Å². The number of nitrogens with zero attached hydrogens (tertiary/aromatic N) is 2. The van der Waals surface area contributed by atoms with E-state index in [1.54, 1.807) is 6.07 Å². The molecule has 0 saturated heterocycles. The second kappa shape index (κ2) is 4.41. The van der Waals surface area contributed by atoms with Crippen LogP contribution in [0.3, 0.4) is 0 Å². The molecule has 0 spiro atoms. The number of pyridine rings is 1. The summed E-state index contributed by atoms with van der Waals surface area (Å²) in [4.78, 5) is 39.9. The predicted molar refractivity (Wildman–Crippen MR) is 70.4 cm³/mol. The largest absolute Gasteiger partial charge is 0.507 e. The number of rotatable bonds is 2. The Bertz CT molecular complexity index is 765. The molecule has 0 aliphatic carbocycles. The smallest absolute Gasteiger partial charge is 0.339 e. The van der Waals surface area contributed by atoms with E-state index in [1.165, 1.54) is 18.3 Å². The standard InChI is InChI=1S/C14H8N2O5/c17-10-6-7(3-4-8(10)14(20)21)16-12(18)9-2-1-5-15-11(9)13(16)19/h1-6,17H,(H,20,21). The molecule has 0 unspecified atom stereocenters. The van der Waals surface area contributed by atoms with Gasteiger partial charge < -0.3 is 10.2 Å². The maximum atomic E-state index is 12.2. The van der Waals surface area contributed by atoms with Crippen molar-refractivity contribution < 1.29 is 24.6 Å². The molecule has 104 valence electrons. The molecule has 2 amide bonds. The van der Waals surface area contributed by atoms with Crippen molar-refractivity contribution in [2.45, 2.75) is 0 Å². The number of amides is 2. The van der Waals surface area contributed by atoms with Crippen LogP contribution in [0.4, 0.5) is 5.69 Å². The van der Waals surface area contributed by atoms with Gasteiger partial charge in [0.15, 0.2) is 0 Å². The fraction of sp³-hybridized carbons (Fsp3) is 0. The summed E-state index contributed by atoms with van der Waals surface area (Å²) in [5.74, 6) is -3.00. The van der Waals surface area contributed by atoms with Gasteiger partial charge in [-0.1, -0.05) is 0 Å². The first kappa shape index (κ1) is 12.8. The molecule has 7 nitrogen and oxygen atoms in total. The number of benzene rings is 1. The Labute approximate surface area is 118 Å². The topological polar surface area (TPSA) is 108 Å². The Kier molecular flexibility index (Phi) is 2.69. The Hall–Kier alpha value is -3.22. The molecule has 2 heterocycles. The molecule has 0 saturated carbocycles. The Morgan fingerprint density at radius 2 is 1.90 bits per heavy atom. The summed E-state index contributed by atoms with van der Waals surface area (Å²) >= 11 is 0. The fourth-order valence-corrected chi connectivity index (χ4v) is 2.14. The number of hydrogen-bond donors (Lipinski definition) is 2. The van der Waals surface area contributed by atoms with Crippen LogP contribution in [0.25, 0.3) is 0 Å². The van der Waals surface area contributed by atoms with Crippen molar-refractivity contribution in [2.75, 3.05) is 4.90 Å². The van der Waals surface area contributed by atoms with Crippen LogP contribution in [-0.2, 0) is 0 Å². The molecule has 3 rings (SSSR count). The van der Waals surface area contributed by atoms with Gasteiger partial charge in [-0.25, -0.2) is 9.69 Å². The lowest BCUT2D eigenvalue weighted by atomic mass is 10.1. The summed E-state index contributed by atoms with van der Waals surface area (Å²) < 4.78 is 0. The SMILES string of the molecule is O=C(O)c1ccc(N2C(=O)c3cccnc3C2=O)cc1O. The van der Waals surface area contributed by atoms with Gasteiger partial charge in [-0.15, -0.1) is 0 Å². The average Bonchev–Trinajstić information content (AvgIpc) is 2.71. The lowest BCUT2D eigenvalue weighted by Crippen LogP contribution is -2.29. The van der Waals surface area contributed by atoms with Crippen molar-refractivity contribution in [1.29, 1.82) is 0 Å². The maximum Gasteiger partial charge on any atom is 0.339 e. The van der Waals surface area contributed by atoms with Crippen LogP contribution in [0.5, 0.6) is 5.75 Å². The van der Waals surface area contributed by atoms with Gasteiger partial charge in [-0.05, 0) is 24.3 Å². The van der Waals surface area contributed by atoms with Gasteiger partial charge in [0.25, 0.3) is 11.8 Å². The molecule has 1 aliphatic heterocycles. The van der Waals surface area contributed by atoms with Gasteiger partial charge in [0, 0.05) is 12.3 Å². The van der Waals surface area contributed by atoms with Gasteiger partial charge in [0.05, 0.1) is 11.3 Å². The second-order valence-electron chi connectivity index (χ2n) is 4.35. The molecule has 0 atom stereocenters. The number of carbonyl (C=O) groups is 3. The minimum Gasteiger partial charge on any atom is -0.507 e. The number of fused-ring (bicyclic) bond motifs is 1. The highest BCUT2D eigenvalue weighted by Crippen LogP contribution is 2.30. The zero-order chi connectivity index (χ0) is 15.1. The summed E-state index contributed by atoms with van der Waals surface area (Å²) in [6.07, 6.45) is 1.40. The van der Waals surface area contributed by atoms with Crippen LogP contribution in [0.1, 0.15) is 31.2 Å². The molecule has 0 bridgehead atoms. The number of anilines is 1. The number of imide groups is 1. The first-order valence-electron chi connectivity index (χ1n) is 5.91. The predicted octanol–water partition coefficient (Wildman–Crippen LogP) is 1.29. The number of carbonyl (C=O) groups excluding carboxylic acids is 2. The highest BCUT2D eigenvalue weighted by Gasteiger charge is 2.38. The minimum atomic E-state index is -1.30. The van der Waals surface area contributed by atoms with Gasteiger partial charge in [0.2, 0.25) is 0 Å². The minimum absolute atomic E-state index is 0.0318. The first-order chi connectivity index (χ1) is 10.0. The summed E-state index contributed by atoms with van der Waals surface area (Å²) in [6.45, 7) is 0. The van der Waals surface area contributed by atoms with E-state index in [9.17, 15) is 19.5 Å². The van der Waals surface area contributed by atoms with Crippen molar-refractivity contribution in [3.05, 3.63) is 53.3 Å². The number of phenols is 1. The Balaban J connectivity index is 2.07. The molecule has 21 heavy (non-hydrogen) atoms. The molecular formula is C14H8N2O5. The van der Waals surface area contributed by atoms with Crippen molar-refractivity contribution in [3.8, 4) is 5.75 Å². The third kappa shape index (κ3) is 1.83. The molecule has 2 N–H and O–H groups in total. The third-order valence-electron chi connectivity index (χ3n) is 3.12. The number of aromatic nitrogens is 1. The summed E-state index contributed by atoms with van der Waals surface area (Å²) in [6, 6.07) is 6.49. The van der Waals surface area contributed by atoms with Crippen LogP contribution in [-0.4, -0.2) is 33.0 Å². The van der Waals surface area contributed by atoms with E-state index >= 15 is 0 Å². The van der Waals surface area contributed by atoms with Gasteiger partial charge >= 0.3 is 5.97 Å². The van der Waals surface area contributed by atoms with E-state index in [-0.39, 0.29) is 22.5 Å². The molecular weight excluding hydrogens is 276 g/mol. The van der Waals surface area contributed by atoms with Crippen LogP contribution in [0.15, 0.2) is 36.5 Å².